The number of phenols is 2. The number of hydrogen-bond donors (Lipinski definition) is 2. The van der Waals surface area contributed by atoms with E-state index in [-0.39, 0.29) is 0 Å². The summed E-state index contributed by atoms with van der Waals surface area (Å²) in [5.41, 5.74) is 4.38. The smallest absolute Gasteiger partial charge is 0.119 e. The normalized spacial score (nSPS) is 11.0. The van der Waals surface area contributed by atoms with Gasteiger partial charge in [0.2, 0.25) is 0 Å². The molecule has 0 heterocycles. The summed E-state index contributed by atoms with van der Waals surface area (Å²) in [4.78, 5) is 0. The number of benzene rings is 2. The van der Waals surface area contributed by atoms with E-state index in [9.17, 15) is 10.2 Å². The van der Waals surface area contributed by atoms with E-state index < -0.39 is 0 Å². The summed E-state index contributed by atoms with van der Waals surface area (Å²) in [6, 6.07) is 11.7. The van der Waals surface area contributed by atoms with Gasteiger partial charge in [-0.05, 0) is 48.9 Å². The van der Waals surface area contributed by atoms with Gasteiger partial charge in [-0.1, -0.05) is 76.6 Å². The minimum absolute atomic E-state index is 0.350. The van der Waals surface area contributed by atoms with Crippen molar-refractivity contribution >= 4 is 0 Å². The number of aromatic hydroxyl groups is 2. The van der Waals surface area contributed by atoms with E-state index in [4.69, 9.17) is 0 Å². The predicted molar refractivity (Wildman–Crippen MR) is 115 cm³/mol. The highest BCUT2D eigenvalue weighted by atomic mass is 16.3. The molecule has 2 nitrogen and oxygen atoms in total. The van der Waals surface area contributed by atoms with Crippen LogP contribution < -0.4 is 0 Å². The maximum atomic E-state index is 10.5. The van der Waals surface area contributed by atoms with Crippen molar-refractivity contribution in [3.8, 4) is 11.5 Å². The van der Waals surface area contributed by atoms with Crippen molar-refractivity contribution in [1.82, 2.24) is 0 Å². The van der Waals surface area contributed by atoms with Crippen LogP contribution in [0.3, 0.4) is 0 Å². The van der Waals surface area contributed by atoms with Crippen LogP contribution in [0.15, 0.2) is 36.4 Å². The van der Waals surface area contributed by atoms with E-state index in [0.717, 1.165) is 36.8 Å². The monoisotopic (exact) mass is 368 g/mol. The molecule has 0 fully saturated rings. The molecule has 2 rings (SSSR count). The molecule has 0 amide bonds. The summed E-state index contributed by atoms with van der Waals surface area (Å²) in [5.74, 6) is 0.700. The van der Waals surface area contributed by atoms with E-state index in [1.54, 1.807) is 12.1 Å². The molecule has 0 radical (unpaired) electrons. The Kier molecular flexibility index (Phi) is 9.24. The first-order valence-electron chi connectivity index (χ1n) is 10.8. The highest BCUT2D eigenvalue weighted by Gasteiger charge is 2.14. The standard InChI is InChI=1S/C25H36O2/c1-3-5-7-9-13-20-15-11-17-24(26)22(20)19-23-21(14-10-8-6-4-2)16-12-18-25(23)27/h11-12,15-18,26-27H,3-10,13-14,19H2,1-2H3. The van der Waals surface area contributed by atoms with Crippen LogP contribution in [0.2, 0.25) is 0 Å². The summed E-state index contributed by atoms with van der Waals surface area (Å²) in [7, 11) is 0. The van der Waals surface area contributed by atoms with E-state index in [1.807, 2.05) is 12.1 Å². The maximum absolute atomic E-state index is 10.5. The molecule has 0 aliphatic carbocycles. The van der Waals surface area contributed by atoms with Crippen molar-refractivity contribution in [2.75, 3.05) is 0 Å². The largest absolute Gasteiger partial charge is 0.508 e. The maximum Gasteiger partial charge on any atom is 0.119 e. The molecule has 0 aliphatic rings. The third-order valence-corrected chi connectivity index (χ3v) is 5.45. The van der Waals surface area contributed by atoms with Gasteiger partial charge in [0.25, 0.3) is 0 Å². The van der Waals surface area contributed by atoms with Gasteiger partial charge >= 0.3 is 0 Å². The fraction of sp³-hybridized carbons (Fsp3) is 0.520. The minimum atomic E-state index is 0.350. The number of hydrogen-bond acceptors (Lipinski definition) is 2. The second-order valence-corrected chi connectivity index (χ2v) is 7.63. The van der Waals surface area contributed by atoms with Crippen molar-refractivity contribution in [2.24, 2.45) is 0 Å². The Labute approximate surface area is 165 Å². The molecule has 0 aliphatic heterocycles. The second-order valence-electron chi connectivity index (χ2n) is 7.63. The van der Waals surface area contributed by atoms with Gasteiger partial charge in [-0.3, -0.25) is 0 Å². The second kappa shape index (κ2) is 11.7. The zero-order valence-electron chi connectivity index (χ0n) is 17.1. The molecule has 2 heteroatoms. The molecule has 0 spiro atoms. The molecular weight excluding hydrogens is 332 g/mol. The van der Waals surface area contributed by atoms with Crippen LogP contribution in [-0.2, 0) is 19.3 Å². The van der Waals surface area contributed by atoms with Crippen LogP contribution in [0, 0.1) is 0 Å². The van der Waals surface area contributed by atoms with Crippen LogP contribution in [0.5, 0.6) is 11.5 Å². The molecular formula is C25H36O2. The van der Waals surface area contributed by atoms with Gasteiger partial charge < -0.3 is 10.2 Å². The SMILES string of the molecule is CCCCCCc1cccc(O)c1Cc1c(O)cccc1CCCCCC. The Balaban J connectivity index is 2.18. The number of rotatable bonds is 12. The third-order valence-electron chi connectivity index (χ3n) is 5.45. The zero-order valence-corrected chi connectivity index (χ0v) is 17.1. The fourth-order valence-electron chi connectivity index (χ4n) is 3.78. The fourth-order valence-corrected chi connectivity index (χ4v) is 3.78. The Hall–Kier alpha value is -1.96. The van der Waals surface area contributed by atoms with Gasteiger partial charge in [0.05, 0.1) is 0 Å². The van der Waals surface area contributed by atoms with Gasteiger partial charge in [-0.2, -0.15) is 0 Å². The van der Waals surface area contributed by atoms with Crippen molar-refractivity contribution < 1.29 is 10.2 Å². The van der Waals surface area contributed by atoms with Crippen LogP contribution in [0.25, 0.3) is 0 Å². The summed E-state index contributed by atoms with van der Waals surface area (Å²) in [6.07, 6.45) is 12.3. The number of aryl methyl sites for hydroxylation is 2. The van der Waals surface area contributed by atoms with Crippen LogP contribution in [0.4, 0.5) is 0 Å². The molecule has 0 bridgehead atoms. The van der Waals surface area contributed by atoms with E-state index in [2.05, 4.69) is 26.0 Å². The first-order valence-corrected chi connectivity index (χ1v) is 10.8. The highest BCUT2D eigenvalue weighted by Crippen LogP contribution is 2.31. The molecule has 0 atom stereocenters. The van der Waals surface area contributed by atoms with Crippen molar-refractivity contribution in [3.63, 3.8) is 0 Å². The molecule has 2 aromatic carbocycles. The molecule has 2 aromatic rings. The lowest BCUT2D eigenvalue weighted by molar-refractivity contribution is 0.461. The van der Waals surface area contributed by atoms with Gasteiger partial charge in [0, 0.05) is 17.5 Å². The Morgan fingerprint density at radius 2 is 1.04 bits per heavy atom. The minimum Gasteiger partial charge on any atom is -0.508 e. The van der Waals surface area contributed by atoms with E-state index in [0.29, 0.717) is 17.9 Å². The van der Waals surface area contributed by atoms with E-state index >= 15 is 0 Å². The molecule has 2 N–H and O–H groups in total. The lowest BCUT2D eigenvalue weighted by Crippen LogP contribution is -2.01. The first kappa shape index (κ1) is 21.3. The van der Waals surface area contributed by atoms with Crippen LogP contribution >= 0.6 is 0 Å². The Morgan fingerprint density at radius 1 is 0.593 bits per heavy atom. The third kappa shape index (κ3) is 6.61. The van der Waals surface area contributed by atoms with E-state index in [1.165, 1.54) is 49.7 Å². The molecule has 0 unspecified atom stereocenters. The van der Waals surface area contributed by atoms with Crippen LogP contribution in [0.1, 0.15) is 87.5 Å². The van der Waals surface area contributed by atoms with Gasteiger partial charge in [0.15, 0.2) is 0 Å². The predicted octanol–water partition coefficient (Wildman–Crippen LogP) is 6.93. The number of unbranched alkanes of at least 4 members (excludes halogenated alkanes) is 6. The summed E-state index contributed by atoms with van der Waals surface area (Å²) in [6.45, 7) is 4.44. The molecule has 0 saturated heterocycles. The van der Waals surface area contributed by atoms with Gasteiger partial charge in [-0.25, -0.2) is 0 Å². The van der Waals surface area contributed by atoms with Crippen LogP contribution in [-0.4, -0.2) is 10.2 Å². The molecule has 0 aromatic heterocycles. The summed E-state index contributed by atoms with van der Waals surface area (Å²) < 4.78 is 0. The lowest BCUT2D eigenvalue weighted by Gasteiger charge is -2.16. The number of phenolic OH excluding ortho intramolecular Hbond substituents is 2. The molecule has 148 valence electrons. The molecule has 0 saturated carbocycles. The molecule has 27 heavy (non-hydrogen) atoms. The average Bonchev–Trinajstić information content (AvgIpc) is 2.66. The van der Waals surface area contributed by atoms with Crippen molar-refractivity contribution in [1.29, 1.82) is 0 Å². The lowest BCUT2D eigenvalue weighted by atomic mass is 9.91. The Bertz CT molecular complexity index is 631. The quantitative estimate of drug-likeness (QED) is 0.399. The Morgan fingerprint density at radius 3 is 1.44 bits per heavy atom. The first-order chi connectivity index (χ1) is 13.2. The zero-order chi connectivity index (χ0) is 19.5. The van der Waals surface area contributed by atoms with Crippen molar-refractivity contribution in [3.05, 3.63) is 58.7 Å². The van der Waals surface area contributed by atoms with Gasteiger partial charge in [-0.15, -0.1) is 0 Å². The topological polar surface area (TPSA) is 40.5 Å². The summed E-state index contributed by atoms with van der Waals surface area (Å²) in [5, 5.41) is 21.0. The highest BCUT2D eigenvalue weighted by molar-refractivity contribution is 5.48. The van der Waals surface area contributed by atoms with Crippen molar-refractivity contribution in [2.45, 2.75) is 84.5 Å². The van der Waals surface area contributed by atoms with Gasteiger partial charge in [0.1, 0.15) is 11.5 Å². The average molecular weight is 369 g/mol. The summed E-state index contributed by atoms with van der Waals surface area (Å²) >= 11 is 0.